The molecule has 148 valence electrons. The number of methoxy groups -OCH3 is 1. The van der Waals surface area contributed by atoms with Crippen molar-refractivity contribution in [3.8, 4) is 22.8 Å². The Hall–Kier alpha value is -3.48. The van der Waals surface area contributed by atoms with Crippen molar-refractivity contribution in [3.63, 3.8) is 0 Å². The van der Waals surface area contributed by atoms with E-state index in [9.17, 15) is 13.2 Å². The van der Waals surface area contributed by atoms with E-state index in [1.165, 1.54) is 12.1 Å². The van der Waals surface area contributed by atoms with Crippen LogP contribution in [0.1, 0.15) is 11.1 Å². The van der Waals surface area contributed by atoms with Crippen LogP contribution in [0.15, 0.2) is 73.1 Å². The smallest absolute Gasteiger partial charge is 0.416 e. The molecule has 2 heterocycles. The van der Waals surface area contributed by atoms with E-state index in [4.69, 9.17) is 9.47 Å². The zero-order valence-electron chi connectivity index (χ0n) is 15.5. The lowest BCUT2D eigenvalue weighted by Crippen LogP contribution is -2.05. The molecular formula is C22H17F3N2O2. The van der Waals surface area contributed by atoms with Crippen molar-refractivity contribution in [2.75, 3.05) is 7.11 Å². The van der Waals surface area contributed by atoms with Crippen molar-refractivity contribution in [1.29, 1.82) is 0 Å². The zero-order valence-corrected chi connectivity index (χ0v) is 15.5. The van der Waals surface area contributed by atoms with Gasteiger partial charge < -0.3 is 9.47 Å². The van der Waals surface area contributed by atoms with E-state index in [1.807, 2.05) is 40.9 Å². The average molecular weight is 398 g/mol. The third-order valence-corrected chi connectivity index (χ3v) is 4.55. The fourth-order valence-corrected chi connectivity index (χ4v) is 3.04. The van der Waals surface area contributed by atoms with Crippen molar-refractivity contribution < 1.29 is 22.6 Å². The Morgan fingerprint density at radius 1 is 0.966 bits per heavy atom. The Balaban J connectivity index is 1.54. The minimum Gasteiger partial charge on any atom is -0.493 e. The number of imidazole rings is 1. The summed E-state index contributed by atoms with van der Waals surface area (Å²) in [4.78, 5) is 4.38. The van der Waals surface area contributed by atoms with E-state index >= 15 is 0 Å². The second-order valence-corrected chi connectivity index (χ2v) is 6.42. The molecular weight excluding hydrogens is 381 g/mol. The number of hydrogen-bond donors (Lipinski definition) is 0. The van der Waals surface area contributed by atoms with E-state index in [0.717, 1.165) is 29.0 Å². The molecule has 0 aliphatic carbocycles. The number of hydrogen-bond acceptors (Lipinski definition) is 3. The second kappa shape index (κ2) is 7.50. The van der Waals surface area contributed by atoms with Gasteiger partial charge in [-0.15, -0.1) is 0 Å². The maximum absolute atomic E-state index is 12.7. The van der Waals surface area contributed by atoms with Crippen LogP contribution in [-0.4, -0.2) is 16.5 Å². The lowest BCUT2D eigenvalue weighted by molar-refractivity contribution is -0.137. The van der Waals surface area contributed by atoms with Crippen molar-refractivity contribution in [1.82, 2.24) is 9.38 Å². The van der Waals surface area contributed by atoms with Crippen LogP contribution in [0.4, 0.5) is 13.2 Å². The highest BCUT2D eigenvalue weighted by Gasteiger charge is 2.29. The summed E-state index contributed by atoms with van der Waals surface area (Å²) in [7, 11) is 1.54. The first-order valence-electron chi connectivity index (χ1n) is 8.85. The largest absolute Gasteiger partial charge is 0.493 e. The van der Waals surface area contributed by atoms with Crippen LogP contribution in [0.5, 0.6) is 11.5 Å². The average Bonchev–Trinajstić information content (AvgIpc) is 3.16. The predicted molar refractivity (Wildman–Crippen MR) is 103 cm³/mol. The molecule has 0 aliphatic rings. The van der Waals surface area contributed by atoms with Crippen LogP contribution < -0.4 is 9.47 Å². The highest BCUT2D eigenvalue weighted by molar-refractivity contribution is 5.67. The highest BCUT2D eigenvalue weighted by Crippen LogP contribution is 2.34. The van der Waals surface area contributed by atoms with Gasteiger partial charge >= 0.3 is 6.18 Å². The molecule has 0 saturated heterocycles. The van der Waals surface area contributed by atoms with E-state index < -0.39 is 11.7 Å². The van der Waals surface area contributed by atoms with Crippen molar-refractivity contribution >= 4 is 5.65 Å². The molecule has 0 N–H and O–H groups in total. The number of nitrogens with zero attached hydrogens (tertiary/aromatic N) is 2. The maximum Gasteiger partial charge on any atom is 0.416 e. The molecule has 29 heavy (non-hydrogen) atoms. The van der Waals surface area contributed by atoms with Crippen LogP contribution in [0.3, 0.4) is 0 Å². The van der Waals surface area contributed by atoms with Gasteiger partial charge in [-0.3, -0.25) is 4.40 Å². The number of alkyl halides is 3. The van der Waals surface area contributed by atoms with Crippen LogP contribution >= 0.6 is 0 Å². The minimum atomic E-state index is -4.35. The molecule has 4 aromatic rings. The molecule has 0 fully saturated rings. The summed E-state index contributed by atoms with van der Waals surface area (Å²) in [6, 6.07) is 16.2. The minimum absolute atomic E-state index is 0.128. The first kappa shape index (κ1) is 18.9. The molecule has 4 nitrogen and oxygen atoms in total. The number of aromatic nitrogens is 2. The van der Waals surface area contributed by atoms with Gasteiger partial charge in [-0.25, -0.2) is 4.98 Å². The summed E-state index contributed by atoms with van der Waals surface area (Å²) in [5.74, 6) is 1.03. The van der Waals surface area contributed by atoms with Gasteiger partial charge in [0.15, 0.2) is 11.5 Å². The summed E-state index contributed by atoms with van der Waals surface area (Å²) in [6.07, 6.45) is -0.637. The van der Waals surface area contributed by atoms with Gasteiger partial charge in [0, 0.05) is 11.8 Å². The summed E-state index contributed by atoms with van der Waals surface area (Å²) >= 11 is 0. The standard InChI is InChI=1S/C22H17F3N2O2/c1-28-20-12-16(18-13-26-21-4-2-3-11-27(18)21)7-10-19(20)29-14-15-5-8-17(9-6-15)22(23,24)25/h2-13H,14H2,1H3. The fraction of sp³-hybridized carbons (Fsp3) is 0.136. The van der Waals surface area contributed by atoms with Crippen LogP contribution in [-0.2, 0) is 12.8 Å². The third-order valence-electron chi connectivity index (χ3n) is 4.55. The number of halogens is 3. The molecule has 0 unspecified atom stereocenters. The predicted octanol–water partition coefficient (Wildman–Crippen LogP) is 5.61. The van der Waals surface area contributed by atoms with Gasteiger partial charge in [-0.1, -0.05) is 18.2 Å². The van der Waals surface area contributed by atoms with Gasteiger partial charge in [0.25, 0.3) is 0 Å². The second-order valence-electron chi connectivity index (χ2n) is 6.42. The Kier molecular flexibility index (Phi) is 4.88. The first-order valence-corrected chi connectivity index (χ1v) is 8.85. The summed E-state index contributed by atoms with van der Waals surface area (Å²) in [5, 5.41) is 0. The van der Waals surface area contributed by atoms with Crippen molar-refractivity contribution in [2.45, 2.75) is 12.8 Å². The van der Waals surface area contributed by atoms with Gasteiger partial charge in [-0.2, -0.15) is 13.2 Å². The summed E-state index contributed by atoms with van der Waals surface area (Å²) < 4.78 is 51.2. The highest BCUT2D eigenvalue weighted by atomic mass is 19.4. The normalized spacial score (nSPS) is 11.6. The molecule has 2 aromatic heterocycles. The van der Waals surface area contributed by atoms with Gasteiger partial charge in [0.2, 0.25) is 0 Å². The Morgan fingerprint density at radius 3 is 2.48 bits per heavy atom. The first-order chi connectivity index (χ1) is 14.0. The van der Waals surface area contributed by atoms with Gasteiger partial charge in [0.05, 0.1) is 24.6 Å². The summed E-state index contributed by atoms with van der Waals surface area (Å²) in [5.41, 5.74) is 2.60. The van der Waals surface area contributed by atoms with Gasteiger partial charge in [0.1, 0.15) is 12.3 Å². The van der Waals surface area contributed by atoms with E-state index in [0.29, 0.717) is 17.1 Å². The summed E-state index contributed by atoms with van der Waals surface area (Å²) in [6.45, 7) is 0.128. The maximum atomic E-state index is 12.7. The molecule has 0 atom stereocenters. The molecule has 0 saturated carbocycles. The van der Waals surface area contributed by atoms with Crippen LogP contribution in [0, 0.1) is 0 Å². The lowest BCUT2D eigenvalue weighted by Gasteiger charge is -2.13. The van der Waals surface area contributed by atoms with E-state index in [-0.39, 0.29) is 6.61 Å². The number of fused-ring (bicyclic) bond motifs is 1. The molecule has 0 spiro atoms. The van der Waals surface area contributed by atoms with Gasteiger partial charge in [-0.05, 0) is 48.0 Å². The molecule has 0 aliphatic heterocycles. The molecule has 0 radical (unpaired) electrons. The molecule has 0 bridgehead atoms. The van der Waals surface area contributed by atoms with E-state index in [2.05, 4.69) is 4.98 Å². The Labute approximate surface area is 165 Å². The Morgan fingerprint density at radius 2 is 1.76 bits per heavy atom. The lowest BCUT2D eigenvalue weighted by atomic mass is 10.1. The molecule has 4 rings (SSSR count). The van der Waals surface area contributed by atoms with Crippen LogP contribution in [0.2, 0.25) is 0 Å². The third kappa shape index (κ3) is 3.89. The topological polar surface area (TPSA) is 35.8 Å². The SMILES string of the molecule is COc1cc(-c2cnc3ccccn23)ccc1OCc1ccc(C(F)(F)F)cc1. The number of rotatable bonds is 5. The molecule has 0 amide bonds. The number of pyridine rings is 1. The van der Waals surface area contributed by atoms with Crippen LogP contribution in [0.25, 0.3) is 16.9 Å². The van der Waals surface area contributed by atoms with Crippen molar-refractivity contribution in [2.24, 2.45) is 0 Å². The monoisotopic (exact) mass is 398 g/mol. The number of ether oxygens (including phenoxy) is 2. The Bertz CT molecular complexity index is 1130. The molecule has 2 aromatic carbocycles. The van der Waals surface area contributed by atoms with E-state index in [1.54, 1.807) is 19.4 Å². The molecule has 7 heteroatoms. The fourth-order valence-electron chi connectivity index (χ4n) is 3.04. The zero-order chi connectivity index (χ0) is 20.4. The number of benzene rings is 2. The quantitative estimate of drug-likeness (QED) is 0.439. The van der Waals surface area contributed by atoms with Crippen molar-refractivity contribution in [3.05, 3.63) is 84.2 Å².